The van der Waals surface area contributed by atoms with Crippen molar-refractivity contribution in [3.05, 3.63) is 28.6 Å². The quantitative estimate of drug-likeness (QED) is 0.772. The predicted molar refractivity (Wildman–Crippen MR) is 43.1 cm³/mol. The van der Waals surface area contributed by atoms with Crippen molar-refractivity contribution in [3.8, 4) is 0 Å². The SMILES string of the molecule is O=C(O)/C=C/c1ccc(Br)o1. The van der Waals surface area contributed by atoms with Crippen LogP contribution in [-0.4, -0.2) is 11.1 Å². The van der Waals surface area contributed by atoms with Crippen molar-refractivity contribution in [3.63, 3.8) is 0 Å². The number of carboxylic acids is 1. The summed E-state index contributed by atoms with van der Waals surface area (Å²) in [5, 5.41) is 8.24. The van der Waals surface area contributed by atoms with Crippen LogP contribution in [0.1, 0.15) is 5.76 Å². The van der Waals surface area contributed by atoms with Gasteiger partial charge in [0, 0.05) is 6.08 Å². The highest BCUT2D eigenvalue weighted by atomic mass is 79.9. The minimum absolute atomic E-state index is 0.513. The molecule has 0 amide bonds. The summed E-state index contributed by atoms with van der Waals surface area (Å²) in [5.41, 5.74) is 0. The molecule has 1 N–H and O–H groups in total. The van der Waals surface area contributed by atoms with E-state index in [4.69, 9.17) is 9.52 Å². The molecule has 0 aliphatic carbocycles. The van der Waals surface area contributed by atoms with Crippen molar-refractivity contribution >= 4 is 28.0 Å². The van der Waals surface area contributed by atoms with Gasteiger partial charge in [-0.05, 0) is 34.1 Å². The molecule has 0 spiro atoms. The van der Waals surface area contributed by atoms with E-state index in [1.54, 1.807) is 12.1 Å². The Hall–Kier alpha value is -1.03. The van der Waals surface area contributed by atoms with Crippen molar-refractivity contribution in [2.45, 2.75) is 0 Å². The van der Waals surface area contributed by atoms with E-state index in [2.05, 4.69) is 15.9 Å². The second kappa shape index (κ2) is 3.39. The summed E-state index contributed by atoms with van der Waals surface area (Å²) in [4.78, 5) is 10.0. The molecule has 3 nitrogen and oxygen atoms in total. The van der Waals surface area contributed by atoms with Gasteiger partial charge in [-0.3, -0.25) is 0 Å². The van der Waals surface area contributed by atoms with Crippen LogP contribution in [0.5, 0.6) is 0 Å². The van der Waals surface area contributed by atoms with Gasteiger partial charge in [-0.1, -0.05) is 0 Å². The molecule has 11 heavy (non-hydrogen) atoms. The Morgan fingerprint density at radius 2 is 2.36 bits per heavy atom. The van der Waals surface area contributed by atoms with Gasteiger partial charge in [0.25, 0.3) is 0 Å². The highest BCUT2D eigenvalue weighted by Crippen LogP contribution is 2.14. The van der Waals surface area contributed by atoms with Gasteiger partial charge in [-0.25, -0.2) is 4.79 Å². The lowest BCUT2D eigenvalue weighted by Gasteiger charge is -1.81. The third-order valence-electron chi connectivity index (χ3n) is 0.984. The summed E-state index contributed by atoms with van der Waals surface area (Å²) in [6.07, 6.45) is 2.40. The van der Waals surface area contributed by atoms with Gasteiger partial charge in [0.2, 0.25) is 0 Å². The Kier molecular flexibility index (Phi) is 2.48. The van der Waals surface area contributed by atoms with Crippen molar-refractivity contribution < 1.29 is 14.3 Å². The van der Waals surface area contributed by atoms with Crippen LogP contribution in [-0.2, 0) is 4.79 Å². The summed E-state index contributed by atoms with van der Waals surface area (Å²) in [7, 11) is 0. The maximum Gasteiger partial charge on any atom is 0.328 e. The Labute approximate surface area is 71.5 Å². The second-order valence-corrected chi connectivity index (χ2v) is 2.60. The highest BCUT2D eigenvalue weighted by Gasteiger charge is 1.94. The van der Waals surface area contributed by atoms with E-state index >= 15 is 0 Å². The molecule has 0 bridgehead atoms. The average molecular weight is 217 g/mol. The van der Waals surface area contributed by atoms with Crippen LogP contribution in [0.2, 0.25) is 0 Å². The molecule has 58 valence electrons. The summed E-state index contributed by atoms with van der Waals surface area (Å²) in [6.45, 7) is 0. The van der Waals surface area contributed by atoms with Gasteiger partial charge in [0.1, 0.15) is 5.76 Å². The zero-order valence-electron chi connectivity index (χ0n) is 5.45. The van der Waals surface area contributed by atoms with Crippen LogP contribution in [0.25, 0.3) is 6.08 Å². The maximum absolute atomic E-state index is 10.0. The fourth-order valence-electron chi connectivity index (χ4n) is 0.571. The minimum Gasteiger partial charge on any atom is -0.478 e. The van der Waals surface area contributed by atoms with Gasteiger partial charge in [0.05, 0.1) is 0 Å². The number of rotatable bonds is 2. The van der Waals surface area contributed by atoms with Crippen molar-refractivity contribution in [1.29, 1.82) is 0 Å². The molecule has 0 radical (unpaired) electrons. The molecular weight excluding hydrogens is 212 g/mol. The van der Waals surface area contributed by atoms with Gasteiger partial charge in [0.15, 0.2) is 4.67 Å². The van der Waals surface area contributed by atoms with E-state index in [-0.39, 0.29) is 0 Å². The number of hydrogen-bond donors (Lipinski definition) is 1. The van der Waals surface area contributed by atoms with Crippen molar-refractivity contribution in [2.75, 3.05) is 0 Å². The second-order valence-electron chi connectivity index (χ2n) is 1.81. The monoisotopic (exact) mass is 216 g/mol. The van der Waals surface area contributed by atoms with E-state index in [1.165, 1.54) is 6.08 Å². The third-order valence-corrected chi connectivity index (χ3v) is 1.41. The van der Waals surface area contributed by atoms with Crippen molar-refractivity contribution in [1.82, 2.24) is 0 Å². The molecule has 1 aromatic heterocycles. The van der Waals surface area contributed by atoms with Gasteiger partial charge in [-0.15, -0.1) is 0 Å². The van der Waals surface area contributed by atoms with E-state index in [1.807, 2.05) is 0 Å². The molecule has 0 atom stereocenters. The summed E-state index contributed by atoms with van der Waals surface area (Å²) < 4.78 is 5.59. The van der Waals surface area contributed by atoms with Crippen LogP contribution in [0.4, 0.5) is 0 Å². The molecule has 4 heteroatoms. The van der Waals surface area contributed by atoms with Gasteiger partial charge < -0.3 is 9.52 Å². The lowest BCUT2D eigenvalue weighted by Crippen LogP contribution is -1.84. The highest BCUT2D eigenvalue weighted by molar-refractivity contribution is 9.10. The first kappa shape index (κ1) is 8.07. The molecule has 0 aliphatic rings. The van der Waals surface area contributed by atoms with Gasteiger partial charge >= 0.3 is 5.97 Å². The van der Waals surface area contributed by atoms with Crippen LogP contribution in [0.3, 0.4) is 0 Å². The zero-order chi connectivity index (χ0) is 8.27. The summed E-state index contributed by atoms with van der Waals surface area (Å²) in [5.74, 6) is -0.475. The normalized spacial score (nSPS) is 10.6. The number of carboxylic acid groups (broad SMARTS) is 1. The molecule has 1 aromatic rings. The maximum atomic E-state index is 10.0. The summed E-state index contributed by atoms with van der Waals surface area (Å²) in [6, 6.07) is 3.37. The number of halogens is 1. The van der Waals surface area contributed by atoms with Crippen LogP contribution in [0, 0.1) is 0 Å². The molecule has 0 saturated heterocycles. The molecule has 0 fully saturated rings. The fraction of sp³-hybridized carbons (Fsp3) is 0. The molecule has 0 saturated carbocycles. The standard InChI is InChI=1S/C7H5BrO3/c8-6-3-1-5(11-6)2-4-7(9)10/h1-4H,(H,9,10)/b4-2+. The Bertz CT molecular complexity index is 288. The van der Waals surface area contributed by atoms with Gasteiger partial charge in [-0.2, -0.15) is 0 Å². The predicted octanol–water partition coefficient (Wildman–Crippen LogP) is 2.14. The molecule has 1 heterocycles. The zero-order valence-corrected chi connectivity index (χ0v) is 7.04. The molecule has 0 aliphatic heterocycles. The average Bonchev–Trinajstić information content (AvgIpc) is 2.31. The molecule has 0 aromatic carbocycles. The molecule has 1 rings (SSSR count). The van der Waals surface area contributed by atoms with Crippen LogP contribution < -0.4 is 0 Å². The number of furan rings is 1. The third kappa shape index (κ3) is 2.59. The Morgan fingerprint density at radius 1 is 1.64 bits per heavy atom. The van der Waals surface area contributed by atoms with E-state index < -0.39 is 5.97 Å². The van der Waals surface area contributed by atoms with E-state index in [9.17, 15) is 4.79 Å². The lowest BCUT2D eigenvalue weighted by atomic mass is 10.4. The Balaban J connectivity index is 2.71. The van der Waals surface area contributed by atoms with Crippen LogP contribution in [0.15, 0.2) is 27.3 Å². The molecule has 0 unspecified atom stereocenters. The molecular formula is C7H5BrO3. The number of aliphatic carboxylic acids is 1. The lowest BCUT2D eigenvalue weighted by molar-refractivity contribution is -0.131. The first-order chi connectivity index (χ1) is 5.18. The van der Waals surface area contributed by atoms with Crippen molar-refractivity contribution in [2.24, 2.45) is 0 Å². The largest absolute Gasteiger partial charge is 0.478 e. The minimum atomic E-state index is -0.988. The fourth-order valence-corrected chi connectivity index (χ4v) is 0.890. The van der Waals surface area contributed by atoms with E-state index in [0.717, 1.165) is 6.08 Å². The van der Waals surface area contributed by atoms with Crippen LogP contribution >= 0.6 is 15.9 Å². The summed E-state index contributed by atoms with van der Waals surface area (Å²) >= 11 is 3.09. The first-order valence-electron chi connectivity index (χ1n) is 2.85. The first-order valence-corrected chi connectivity index (χ1v) is 3.64. The topological polar surface area (TPSA) is 50.4 Å². The Morgan fingerprint density at radius 3 is 2.82 bits per heavy atom. The number of carbonyl (C=O) groups is 1. The number of hydrogen-bond acceptors (Lipinski definition) is 2. The van der Waals surface area contributed by atoms with E-state index in [0.29, 0.717) is 10.4 Å². The smallest absolute Gasteiger partial charge is 0.328 e.